The third kappa shape index (κ3) is 2.99. The first-order valence-corrected chi connectivity index (χ1v) is 7.05. The lowest BCUT2D eigenvalue weighted by Gasteiger charge is -2.17. The zero-order valence-electron chi connectivity index (χ0n) is 10.4. The van der Waals surface area contributed by atoms with E-state index in [4.69, 9.17) is 4.42 Å². The Balaban J connectivity index is 2.16. The summed E-state index contributed by atoms with van der Waals surface area (Å²) in [7, 11) is 0. The standard InChI is InChI=1S/C14H19NOS/c1-3-14-12(7-8-16-14)13(15-4-2)10-11-6-5-9-17-11/h5-9,13,15H,3-4,10H2,1-2H3. The maximum atomic E-state index is 5.52. The van der Waals surface area contributed by atoms with Gasteiger partial charge in [0.2, 0.25) is 0 Å². The van der Waals surface area contributed by atoms with Gasteiger partial charge in [0.15, 0.2) is 0 Å². The second-order valence-corrected chi connectivity index (χ2v) is 5.08. The van der Waals surface area contributed by atoms with Crippen LogP contribution in [0.4, 0.5) is 0 Å². The normalized spacial score (nSPS) is 12.8. The highest BCUT2D eigenvalue weighted by Crippen LogP contribution is 2.25. The van der Waals surface area contributed by atoms with Crippen molar-refractivity contribution in [1.29, 1.82) is 0 Å². The highest BCUT2D eigenvalue weighted by atomic mass is 32.1. The van der Waals surface area contributed by atoms with Crippen LogP contribution < -0.4 is 5.32 Å². The quantitative estimate of drug-likeness (QED) is 0.842. The summed E-state index contributed by atoms with van der Waals surface area (Å²) in [6.45, 7) is 5.26. The van der Waals surface area contributed by atoms with Gasteiger partial charge in [-0.3, -0.25) is 0 Å². The molecule has 0 radical (unpaired) electrons. The SMILES string of the molecule is CCNC(Cc1cccs1)c1ccoc1CC. The van der Waals surface area contributed by atoms with Crippen molar-refractivity contribution in [3.8, 4) is 0 Å². The van der Waals surface area contributed by atoms with Crippen molar-refractivity contribution in [2.75, 3.05) is 6.54 Å². The van der Waals surface area contributed by atoms with Gasteiger partial charge in [-0.25, -0.2) is 0 Å². The van der Waals surface area contributed by atoms with Gasteiger partial charge in [0, 0.05) is 29.3 Å². The van der Waals surface area contributed by atoms with Crippen molar-refractivity contribution in [3.05, 3.63) is 46.0 Å². The fraction of sp³-hybridized carbons (Fsp3) is 0.429. The van der Waals surface area contributed by atoms with Crippen LogP contribution in [0, 0.1) is 0 Å². The molecule has 2 aromatic rings. The number of hydrogen-bond acceptors (Lipinski definition) is 3. The van der Waals surface area contributed by atoms with E-state index in [-0.39, 0.29) is 0 Å². The van der Waals surface area contributed by atoms with Crippen LogP contribution in [-0.2, 0) is 12.8 Å². The molecule has 0 aromatic carbocycles. The molecule has 0 aliphatic heterocycles. The number of nitrogens with one attached hydrogen (secondary N) is 1. The molecular weight excluding hydrogens is 230 g/mol. The van der Waals surface area contributed by atoms with E-state index in [0.717, 1.165) is 25.1 Å². The highest BCUT2D eigenvalue weighted by molar-refractivity contribution is 7.09. The summed E-state index contributed by atoms with van der Waals surface area (Å²) < 4.78 is 5.52. The summed E-state index contributed by atoms with van der Waals surface area (Å²) in [6, 6.07) is 6.77. The first-order valence-electron chi connectivity index (χ1n) is 6.17. The van der Waals surface area contributed by atoms with E-state index < -0.39 is 0 Å². The lowest BCUT2D eigenvalue weighted by atomic mass is 10.0. The summed E-state index contributed by atoms with van der Waals surface area (Å²) in [5.74, 6) is 1.10. The van der Waals surface area contributed by atoms with Gasteiger partial charge in [0.1, 0.15) is 5.76 Å². The highest BCUT2D eigenvalue weighted by Gasteiger charge is 2.16. The van der Waals surface area contributed by atoms with Gasteiger partial charge >= 0.3 is 0 Å². The number of thiophene rings is 1. The van der Waals surface area contributed by atoms with Gasteiger partial charge in [-0.1, -0.05) is 19.9 Å². The van der Waals surface area contributed by atoms with Crippen LogP contribution in [0.5, 0.6) is 0 Å². The van der Waals surface area contributed by atoms with Crippen molar-refractivity contribution in [1.82, 2.24) is 5.32 Å². The first-order chi connectivity index (χ1) is 8.35. The second-order valence-electron chi connectivity index (χ2n) is 4.05. The predicted molar refractivity (Wildman–Crippen MR) is 72.5 cm³/mol. The van der Waals surface area contributed by atoms with Crippen LogP contribution in [0.2, 0.25) is 0 Å². The van der Waals surface area contributed by atoms with Crippen LogP contribution in [0.25, 0.3) is 0 Å². The molecule has 2 rings (SSSR count). The van der Waals surface area contributed by atoms with Crippen LogP contribution >= 0.6 is 11.3 Å². The Bertz CT molecular complexity index is 433. The van der Waals surface area contributed by atoms with Crippen LogP contribution in [0.15, 0.2) is 34.3 Å². The zero-order chi connectivity index (χ0) is 12.1. The third-order valence-electron chi connectivity index (χ3n) is 2.91. The van der Waals surface area contributed by atoms with Gasteiger partial charge < -0.3 is 9.73 Å². The van der Waals surface area contributed by atoms with E-state index in [1.54, 1.807) is 6.26 Å². The molecule has 0 bridgehead atoms. The van der Waals surface area contributed by atoms with E-state index in [2.05, 4.69) is 42.7 Å². The largest absolute Gasteiger partial charge is 0.469 e. The zero-order valence-corrected chi connectivity index (χ0v) is 11.2. The maximum Gasteiger partial charge on any atom is 0.108 e. The Morgan fingerprint density at radius 2 is 2.24 bits per heavy atom. The second kappa shape index (κ2) is 6.03. The van der Waals surface area contributed by atoms with Crippen LogP contribution in [0.3, 0.4) is 0 Å². The minimum absolute atomic E-state index is 0.368. The summed E-state index contributed by atoms with van der Waals surface area (Å²) >= 11 is 1.82. The molecular formula is C14H19NOS. The van der Waals surface area contributed by atoms with Gasteiger partial charge in [0.05, 0.1) is 6.26 Å². The first kappa shape index (κ1) is 12.4. The lowest BCUT2D eigenvalue weighted by molar-refractivity contribution is 0.488. The molecule has 1 atom stereocenters. The van der Waals surface area contributed by atoms with Crippen molar-refractivity contribution in [3.63, 3.8) is 0 Å². The van der Waals surface area contributed by atoms with E-state index in [0.29, 0.717) is 6.04 Å². The average Bonchev–Trinajstić information content (AvgIpc) is 2.98. The Hall–Kier alpha value is -1.06. The van der Waals surface area contributed by atoms with Crippen LogP contribution in [-0.4, -0.2) is 6.54 Å². The number of rotatable bonds is 6. The fourth-order valence-electron chi connectivity index (χ4n) is 2.12. The van der Waals surface area contributed by atoms with Gasteiger partial charge in [-0.05, 0) is 24.1 Å². The molecule has 2 heterocycles. The van der Waals surface area contributed by atoms with Gasteiger partial charge in [0.25, 0.3) is 0 Å². The molecule has 17 heavy (non-hydrogen) atoms. The molecule has 1 unspecified atom stereocenters. The van der Waals surface area contributed by atoms with Crippen molar-refractivity contribution in [2.24, 2.45) is 0 Å². The molecule has 1 N–H and O–H groups in total. The number of aryl methyl sites for hydroxylation is 1. The molecule has 0 saturated carbocycles. The number of hydrogen-bond donors (Lipinski definition) is 1. The molecule has 0 aliphatic carbocycles. The molecule has 0 saturated heterocycles. The molecule has 0 aliphatic rings. The minimum Gasteiger partial charge on any atom is -0.469 e. The van der Waals surface area contributed by atoms with Crippen molar-refractivity contribution in [2.45, 2.75) is 32.7 Å². The molecule has 0 spiro atoms. The van der Waals surface area contributed by atoms with E-state index in [9.17, 15) is 0 Å². The minimum atomic E-state index is 0.368. The Kier molecular flexibility index (Phi) is 4.40. The van der Waals surface area contributed by atoms with E-state index in [1.807, 2.05) is 11.3 Å². The van der Waals surface area contributed by atoms with Gasteiger partial charge in [-0.15, -0.1) is 11.3 Å². The number of likely N-dealkylation sites (N-methyl/N-ethyl adjacent to an activating group) is 1. The average molecular weight is 249 g/mol. The summed E-state index contributed by atoms with van der Waals surface area (Å²) in [4.78, 5) is 1.42. The van der Waals surface area contributed by atoms with Crippen molar-refractivity contribution < 1.29 is 4.42 Å². The molecule has 2 nitrogen and oxygen atoms in total. The topological polar surface area (TPSA) is 25.2 Å². The Morgan fingerprint density at radius 3 is 2.88 bits per heavy atom. The molecule has 0 amide bonds. The maximum absolute atomic E-state index is 5.52. The summed E-state index contributed by atoms with van der Waals surface area (Å²) in [6.07, 6.45) is 3.79. The molecule has 3 heteroatoms. The van der Waals surface area contributed by atoms with Crippen LogP contribution in [0.1, 0.15) is 36.1 Å². The third-order valence-corrected chi connectivity index (χ3v) is 3.81. The van der Waals surface area contributed by atoms with Crippen molar-refractivity contribution >= 4 is 11.3 Å². The summed E-state index contributed by atoms with van der Waals surface area (Å²) in [5, 5.41) is 5.68. The Labute approximate surface area is 107 Å². The fourth-order valence-corrected chi connectivity index (χ4v) is 2.87. The molecule has 0 fully saturated rings. The Morgan fingerprint density at radius 1 is 1.35 bits per heavy atom. The van der Waals surface area contributed by atoms with E-state index >= 15 is 0 Å². The van der Waals surface area contributed by atoms with Gasteiger partial charge in [-0.2, -0.15) is 0 Å². The smallest absolute Gasteiger partial charge is 0.108 e. The molecule has 92 valence electrons. The predicted octanol–water partition coefficient (Wildman–Crippen LogP) is 3.80. The monoisotopic (exact) mass is 249 g/mol. The molecule has 2 aromatic heterocycles. The van der Waals surface area contributed by atoms with E-state index in [1.165, 1.54) is 10.4 Å². The lowest BCUT2D eigenvalue weighted by Crippen LogP contribution is -2.23. The summed E-state index contributed by atoms with van der Waals surface area (Å²) in [5.41, 5.74) is 1.31. The number of furan rings is 1.